The summed E-state index contributed by atoms with van der Waals surface area (Å²) in [6, 6.07) is 2.97. The fraction of sp³-hybridized carbons (Fsp3) is 0.100. The third kappa shape index (κ3) is 2.16. The van der Waals surface area contributed by atoms with Gasteiger partial charge in [-0.15, -0.1) is 0 Å². The standard InChI is InChI=1S/C10H8F3N3/c11-7-3-9(13)10(4-8(7)12)14-5-6-1-2-15-16-6/h1-4,14H,5H2,(H,15,16). The van der Waals surface area contributed by atoms with Crippen LogP contribution in [0.4, 0.5) is 18.9 Å². The van der Waals surface area contributed by atoms with E-state index in [2.05, 4.69) is 15.5 Å². The maximum Gasteiger partial charge on any atom is 0.161 e. The van der Waals surface area contributed by atoms with Crippen LogP contribution >= 0.6 is 0 Å². The van der Waals surface area contributed by atoms with Crippen LogP contribution in [-0.2, 0) is 6.54 Å². The second-order valence-electron chi connectivity index (χ2n) is 3.18. The van der Waals surface area contributed by atoms with Gasteiger partial charge in [-0.1, -0.05) is 0 Å². The topological polar surface area (TPSA) is 40.7 Å². The number of benzene rings is 1. The zero-order valence-corrected chi connectivity index (χ0v) is 8.10. The molecular formula is C10H8F3N3. The van der Waals surface area contributed by atoms with Gasteiger partial charge < -0.3 is 5.32 Å². The fourth-order valence-corrected chi connectivity index (χ4v) is 1.23. The van der Waals surface area contributed by atoms with Gasteiger partial charge in [-0.25, -0.2) is 13.2 Å². The second-order valence-corrected chi connectivity index (χ2v) is 3.18. The van der Waals surface area contributed by atoms with Crippen molar-refractivity contribution in [3.63, 3.8) is 0 Å². The molecule has 0 aliphatic heterocycles. The van der Waals surface area contributed by atoms with Crippen molar-refractivity contribution in [2.45, 2.75) is 6.54 Å². The Hall–Kier alpha value is -1.98. The number of aromatic amines is 1. The van der Waals surface area contributed by atoms with Crippen molar-refractivity contribution in [3.05, 3.63) is 47.5 Å². The minimum Gasteiger partial charge on any atom is -0.377 e. The number of hydrogen-bond acceptors (Lipinski definition) is 2. The molecular weight excluding hydrogens is 219 g/mol. The Balaban J connectivity index is 2.12. The van der Waals surface area contributed by atoms with Crippen LogP contribution in [0.5, 0.6) is 0 Å². The van der Waals surface area contributed by atoms with Crippen molar-refractivity contribution >= 4 is 5.69 Å². The van der Waals surface area contributed by atoms with Gasteiger partial charge in [0.05, 0.1) is 17.9 Å². The first kappa shape index (κ1) is 10.5. The highest BCUT2D eigenvalue weighted by atomic mass is 19.2. The number of rotatable bonds is 3. The van der Waals surface area contributed by atoms with Crippen molar-refractivity contribution in [2.24, 2.45) is 0 Å². The normalized spacial score (nSPS) is 10.4. The van der Waals surface area contributed by atoms with E-state index in [-0.39, 0.29) is 12.2 Å². The smallest absolute Gasteiger partial charge is 0.161 e. The molecule has 2 N–H and O–H groups in total. The quantitative estimate of drug-likeness (QED) is 0.790. The average Bonchev–Trinajstić information content (AvgIpc) is 2.74. The largest absolute Gasteiger partial charge is 0.377 e. The number of hydrogen-bond donors (Lipinski definition) is 2. The zero-order chi connectivity index (χ0) is 11.5. The molecule has 0 saturated carbocycles. The highest BCUT2D eigenvalue weighted by Crippen LogP contribution is 2.18. The minimum absolute atomic E-state index is 0.0894. The summed E-state index contributed by atoms with van der Waals surface area (Å²) in [7, 11) is 0. The molecule has 16 heavy (non-hydrogen) atoms. The first-order valence-electron chi connectivity index (χ1n) is 4.53. The van der Waals surface area contributed by atoms with Crippen LogP contribution in [-0.4, -0.2) is 10.2 Å². The minimum atomic E-state index is -1.20. The van der Waals surface area contributed by atoms with Crippen LogP contribution in [0.3, 0.4) is 0 Å². The summed E-state index contributed by atoms with van der Waals surface area (Å²) < 4.78 is 38.6. The van der Waals surface area contributed by atoms with Gasteiger partial charge in [-0.3, -0.25) is 5.10 Å². The van der Waals surface area contributed by atoms with Gasteiger partial charge in [0.15, 0.2) is 11.6 Å². The van der Waals surface area contributed by atoms with Gasteiger partial charge in [0.2, 0.25) is 0 Å². The molecule has 84 valence electrons. The van der Waals surface area contributed by atoms with Crippen LogP contribution in [0.2, 0.25) is 0 Å². The lowest BCUT2D eigenvalue weighted by molar-refractivity contribution is 0.496. The van der Waals surface area contributed by atoms with Gasteiger partial charge in [0.1, 0.15) is 5.82 Å². The Bertz CT molecular complexity index is 482. The maximum absolute atomic E-state index is 13.2. The van der Waals surface area contributed by atoms with Gasteiger partial charge in [-0.05, 0) is 6.07 Å². The molecule has 0 atom stereocenters. The number of aromatic nitrogens is 2. The SMILES string of the molecule is Fc1cc(F)c(NCc2ccn[nH]2)cc1F. The van der Waals surface area contributed by atoms with Crippen LogP contribution in [0, 0.1) is 17.5 Å². The molecule has 0 bridgehead atoms. The van der Waals surface area contributed by atoms with Crippen molar-refractivity contribution in [3.8, 4) is 0 Å². The molecule has 0 aliphatic carbocycles. The van der Waals surface area contributed by atoms with Gasteiger partial charge in [0.25, 0.3) is 0 Å². The molecule has 6 heteroatoms. The van der Waals surface area contributed by atoms with Crippen LogP contribution < -0.4 is 5.32 Å². The number of nitrogens with one attached hydrogen (secondary N) is 2. The molecule has 0 spiro atoms. The lowest BCUT2D eigenvalue weighted by atomic mass is 10.2. The van der Waals surface area contributed by atoms with E-state index < -0.39 is 17.5 Å². The third-order valence-corrected chi connectivity index (χ3v) is 2.04. The summed E-state index contributed by atoms with van der Waals surface area (Å²) >= 11 is 0. The zero-order valence-electron chi connectivity index (χ0n) is 8.10. The van der Waals surface area contributed by atoms with E-state index in [4.69, 9.17) is 0 Å². The summed E-state index contributed by atoms with van der Waals surface area (Å²) in [5.41, 5.74) is 0.623. The molecule has 3 nitrogen and oxygen atoms in total. The fourth-order valence-electron chi connectivity index (χ4n) is 1.23. The number of anilines is 1. The second kappa shape index (κ2) is 4.26. The highest BCUT2D eigenvalue weighted by molar-refractivity contribution is 5.45. The Labute approximate surface area is 89.3 Å². The van der Waals surface area contributed by atoms with Crippen LogP contribution in [0.1, 0.15) is 5.69 Å². The van der Waals surface area contributed by atoms with Crippen molar-refractivity contribution in [1.82, 2.24) is 10.2 Å². The molecule has 0 fully saturated rings. The predicted octanol–water partition coefficient (Wildman–Crippen LogP) is 2.44. The van der Waals surface area contributed by atoms with E-state index in [1.807, 2.05) is 0 Å². The molecule has 1 heterocycles. The lowest BCUT2D eigenvalue weighted by Gasteiger charge is -2.06. The molecule has 0 amide bonds. The molecule has 0 unspecified atom stereocenters. The van der Waals surface area contributed by atoms with Crippen LogP contribution in [0.25, 0.3) is 0 Å². The number of halogens is 3. The Morgan fingerprint density at radius 1 is 1.12 bits per heavy atom. The molecule has 0 saturated heterocycles. The summed E-state index contributed by atoms with van der Waals surface area (Å²) in [5.74, 6) is -3.13. The average molecular weight is 227 g/mol. The van der Waals surface area contributed by atoms with E-state index in [1.54, 1.807) is 12.3 Å². The summed E-state index contributed by atoms with van der Waals surface area (Å²) in [6.45, 7) is 0.252. The predicted molar refractivity (Wildman–Crippen MR) is 52.2 cm³/mol. The van der Waals surface area contributed by atoms with E-state index >= 15 is 0 Å². The Morgan fingerprint density at radius 3 is 2.56 bits per heavy atom. The maximum atomic E-state index is 13.2. The lowest BCUT2D eigenvalue weighted by Crippen LogP contribution is -2.03. The van der Waals surface area contributed by atoms with E-state index in [0.717, 1.165) is 6.07 Å². The Kier molecular flexibility index (Phi) is 2.80. The first-order valence-corrected chi connectivity index (χ1v) is 4.53. The van der Waals surface area contributed by atoms with Gasteiger partial charge in [0, 0.05) is 18.3 Å². The van der Waals surface area contributed by atoms with Gasteiger partial charge in [-0.2, -0.15) is 5.10 Å². The Morgan fingerprint density at radius 2 is 1.88 bits per heavy atom. The molecule has 2 aromatic rings. The molecule has 0 radical (unpaired) electrons. The van der Waals surface area contributed by atoms with Crippen molar-refractivity contribution in [1.29, 1.82) is 0 Å². The van der Waals surface area contributed by atoms with Gasteiger partial charge >= 0.3 is 0 Å². The first-order chi connectivity index (χ1) is 7.66. The molecule has 1 aromatic carbocycles. The molecule has 1 aromatic heterocycles. The molecule has 0 aliphatic rings. The summed E-state index contributed by atoms with van der Waals surface area (Å²) in [5, 5.41) is 8.98. The van der Waals surface area contributed by atoms with E-state index in [0.29, 0.717) is 11.8 Å². The third-order valence-electron chi connectivity index (χ3n) is 2.04. The van der Waals surface area contributed by atoms with E-state index in [9.17, 15) is 13.2 Å². The van der Waals surface area contributed by atoms with Crippen molar-refractivity contribution in [2.75, 3.05) is 5.32 Å². The number of nitrogens with zero attached hydrogens (tertiary/aromatic N) is 1. The molecule has 2 rings (SSSR count). The van der Waals surface area contributed by atoms with E-state index in [1.165, 1.54) is 0 Å². The van der Waals surface area contributed by atoms with Crippen LogP contribution in [0.15, 0.2) is 24.4 Å². The van der Waals surface area contributed by atoms with Crippen molar-refractivity contribution < 1.29 is 13.2 Å². The summed E-state index contributed by atoms with van der Waals surface area (Å²) in [4.78, 5) is 0. The number of H-pyrrole nitrogens is 1. The monoisotopic (exact) mass is 227 g/mol. The highest BCUT2D eigenvalue weighted by Gasteiger charge is 2.09. The summed E-state index contributed by atoms with van der Waals surface area (Å²) in [6.07, 6.45) is 1.54.